The van der Waals surface area contributed by atoms with E-state index in [1.165, 1.54) is 35.0 Å². The van der Waals surface area contributed by atoms with Gasteiger partial charge < -0.3 is 10.2 Å². The highest BCUT2D eigenvalue weighted by Crippen LogP contribution is 2.36. The Morgan fingerprint density at radius 1 is 1.35 bits per heavy atom. The van der Waals surface area contributed by atoms with Crippen LogP contribution in [0.3, 0.4) is 0 Å². The first kappa shape index (κ1) is 12.8. The summed E-state index contributed by atoms with van der Waals surface area (Å²) in [6, 6.07) is 0.490. The third kappa shape index (κ3) is 2.63. The number of nitrogens with zero attached hydrogens (tertiary/aromatic N) is 2. The number of aryl methyl sites for hydroxylation is 1. The maximum atomic E-state index is 4.87. The maximum Gasteiger partial charge on any atom is 0.185 e. The van der Waals surface area contributed by atoms with Gasteiger partial charge in [0.2, 0.25) is 0 Å². The second-order valence-electron chi connectivity index (χ2n) is 4.48. The van der Waals surface area contributed by atoms with Crippen molar-refractivity contribution in [3.8, 4) is 0 Å². The zero-order chi connectivity index (χ0) is 12.3. The van der Waals surface area contributed by atoms with Crippen molar-refractivity contribution < 1.29 is 0 Å². The average Bonchev–Trinajstić information content (AvgIpc) is 2.76. The first-order valence-electron chi connectivity index (χ1n) is 6.78. The Morgan fingerprint density at radius 3 is 2.76 bits per heavy atom. The van der Waals surface area contributed by atoms with Crippen LogP contribution >= 0.6 is 11.3 Å². The van der Waals surface area contributed by atoms with Gasteiger partial charge >= 0.3 is 0 Å². The molecule has 0 aliphatic heterocycles. The lowest BCUT2D eigenvalue weighted by molar-refractivity contribution is 0.465. The molecule has 2 rings (SSSR count). The van der Waals surface area contributed by atoms with Gasteiger partial charge in [-0.2, -0.15) is 0 Å². The highest BCUT2D eigenvalue weighted by atomic mass is 32.1. The number of fused-ring (bicyclic) bond motifs is 1. The van der Waals surface area contributed by atoms with Crippen molar-refractivity contribution in [2.75, 3.05) is 24.5 Å². The summed E-state index contributed by atoms with van der Waals surface area (Å²) in [6.45, 7) is 9.70. The van der Waals surface area contributed by atoms with Crippen LogP contribution in [0.5, 0.6) is 0 Å². The van der Waals surface area contributed by atoms with Crippen molar-refractivity contribution in [3.63, 3.8) is 0 Å². The summed E-state index contributed by atoms with van der Waals surface area (Å²) in [5.41, 5.74) is 1.32. The Kier molecular flexibility index (Phi) is 4.40. The van der Waals surface area contributed by atoms with E-state index in [4.69, 9.17) is 4.98 Å². The summed E-state index contributed by atoms with van der Waals surface area (Å²) in [7, 11) is 0. The molecule has 96 valence electrons. The highest BCUT2D eigenvalue weighted by Gasteiger charge is 2.24. The number of nitrogens with one attached hydrogen (secondary N) is 1. The van der Waals surface area contributed by atoms with E-state index in [9.17, 15) is 0 Å². The number of hydrogen-bond donors (Lipinski definition) is 1. The van der Waals surface area contributed by atoms with Crippen molar-refractivity contribution in [3.05, 3.63) is 10.6 Å². The molecule has 0 radical (unpaired) electrons. The highest BCUT2D eigenvalue weighted by molar-refractivity contribution is 7.15. The van der Waals surface area contributed by atoms with E-state index in [1.807, 2.05) is 11.3 Å². The van der Waals surface area contributed by atoms with Gasteiger partial charge in [0.15, 0.2) is 5.13 Å². The first-order valence-corrected chi connectivity index (χ1v) is 7.59. The molecule has 0 amide bonds. The van der Waals surface area contributed by atoms with Crippen LogP contribution in [0.1, 0.15) is 50.2 Å². The van der Waals surface area contributed by atoms with Gasteiger partial charge in [-0.25, -0.2) is 4.98 Å². The SMILES string of the molecule is CCNC1CCCc2sc(N(CC)CC)nc21. The molecule has 1 atom stereocenters. The second-order valence-corrected chi connectivity index (χ2v) is 5.54. The summed E-state index contributed by atoms with van der Waals surface area (Å²) in [5.74, 6) is 0. The van der Waals surface area contributed by atoms with E-state index in [0.29, 0.717) is 6.04 Å². The van der Waals surface area contributed by atoms with Crippen LogP contribution < -0.4 is 10.2 Å². The van der Waals surface area contributed by atoms with Gasteiger partial charge in [0.25, 0.3) is 0 Å². The van der Waals surface area contributed by atoms with Gasteiger partial charge in [0.1, 0.15) is 0 Å². The van der Waals surface area contributed by atoms with E-state index in [0.717, 1.165) is 19.6 Å². The summed E-state index contributed by atoms with van der Waals surface area (Å²) in [6.07, 6.45) is 3.75. The third-order valence-electron chi connectivity index (χ3n) is 3.43. The molecule has 0 saturated heterocycles. The zero-order valence-corrected chi connectivity index (χ0v) is 11.9. The molecule has 0 saturated carbocycles. The molecule has 1 heterocycles. The summed E-state index contributed by atoms with van der Waals surface area (Å²) in [4.78, 5) is 8.73. The minimum absolute atomic E-state index is 0.490. The molecular formula is C13H23N3S. The Morgan fingerprint density at radius 2 is 2.12 bits per heavy atom. The molecule has 1 aliphatic rings. The van der Waals surface area contributed by atoms with Gasteiger partial charge in [-0.05, 0) is 39.7 Å². The summed E-state index contributed by atoms with van der Waals surface area (Å²) < 4.78 is 0. The van der Waals surface area contributed by atoms with Crippen LogP contribution in [0.2, 0.25) is 0 Å². The minimum Gasteiger partial charge on any atom is -0.349 e. The molecule has 0 fully saturated rings. The van der Waals surface area contributed by atoms with Crippen LogP contribution in [0.25, 0.3) is 0 Å². The van der Waals surface area contributed by atoms with E-state index in [2.05, 4.69) is 31.0 Å². The second kappa shape index (κ2) is 5.83. The van der Waals surface area contributed by atoms with Gasteiger partial charge in [0.05, 0.1) is 11.7 Å². The van der Waals surface area contributed by atoms with Gasteiger partial charge in [-0.15, -0.1) is 11.3 Å². The van der Waals surface area contributed by atoms with Crippen LogP contribution in [0.15, 0.2) is 0 Å². The molecule has 3 nitrogen and oxygen atoms in total. The summed E-state index contributed by atoms with van der Waals surface area (Å²) >= 11 is 1.90. The average molecular weight is 253 g/mol. The van der Waals surface area contributed by atoms with E-state index < -0.39 is 0 Å². The normalized spacial score (nSPS) is 19.1. The molecule has 1 unspecified atom stereocenters. The first-order chi connectivity index (χ1) is 8.30. The van der Waals surface area contributed by atoms with E-state index in [-0.39, 0.29) is 0 Å². The Bertz CT molecular complexity index is 358. The van der Waals surface area contributed by atoms with Crippen LogP contribution in [-0.2, 0) is 6.42 Å². The number of hydrogen-bond acceptors (Lipinski definition) is 4. The topological polar surface area (TPSA) is 28.2 Å². The standard InChI is InChI=1S/C13H23N3S/c1-4-14-10-8-7-9-11-12(10)15-13(17-11)16(5-2)6-3/h10,14H,4-9H2,1-3H3. The molecule has 0 aromatic carbocycles. The predicted octanol–water partition coefficient (Wildman–Crippen LogP) is 2.98. The number of rotatable bonds is 5. The van der Waals surface area contributed by atoms with Crippen LogP contribution in [0.4, 0.5) is 5.13 Å². The van der Waals surface area contributed by atoms with Crippen molar-refractivity contribution >= 4 is 16.5 Å². The van der Waals surface area contributed by atoms with Gasteiger partial charge in [0, 0.05) is 18.0 Å². The Hall–Kier alpha value is -0.610. The fraction of sp³-hybridized carbons (Fsp3) is 0.769. The molecule has 17 heavy (non-hydrogen) atoms. The van der Waals surface area contributed by atoms with Crippen molar-refractivity contribution in [2.45, 2.75) is 46.1 Å². The maximum absolute atomic E-state index is 4.87. The van der Waals surface area contributed by atoms with Crippen molar-refractivity contribution in [1.82, 2.24) is 10.3 Å². The molecule has 1 aromatic rings. The minimum atomic E-state index is 0.490. The lowest BCUT2D eigenvalue weighted by Gasteiger charge is -2.21. The number of thiazole rings is 1. The fourth-order valence-electron chi connectivity index (χ4n) is 2.48. The van der Waals surface area contributed by atoms with E-state index in [1.54, 1.807) is 0 Å². The van der Waals surface area contributed by atoms with Gasteiger partial charge in [-0.1, -0.05) is 6.92 Å². The van der Waals surface area contributed by atoms with Crippen LogP contribution in [-0.4, -0.2) is 24.6 Å². The monoisotopic (exact) mass is 253 g/mol. The smallest absolute Gasteiger partial charge is 0.185 e. The van der Waals surface area contributed by atoms with E-state index >= 15 is 0 Å². The molecule has 1 aromatic heterocycles. The fourth-order valence-corrected chi connectivity index (χ4v) is 3.77. The van der Waals surface area contributed by atoms with Crippen LogP contribution in [0, 0.1) is 0 Å². The Labute approximate surface area is 108 Å². The Balaban J connectivity index is 2.23. The lowest BCUT2D eigenvalue weighted by atomic mass is 9.98. The largest absolute Gasteiger partial charge is 0.349 e. The van der Waals surface area contributed by atoms with Crippen molar-refractivity contribution in [1.29, 1.82) is 0 Å². The molecule has 4 heteroatoms. The van der Waals surface area contributed by atoms with Crippen molar-refractivity contribution in [2.24, 2.45) is 0 Å². The third-order valence-corrected chi connectivity index (χ3v) is 4.62. The van der Waals surface area contributed by atoms with Gasteiger partial charge in [-0.3, -0.25) is 0 Å². The number of anilines is 1. The summed E-state index contributed by atoms with van der Waals surface area (Å²) in [5, 5.41) is 4.77. The molecular weight excluding hydrogens is 230 g/mol. The molecule has 1 N–H and O–H groups in total. The molecule has 1 aliphatic carbocycles. The molecule has 0 bridgehead atoms. The quantitative estimate of drug-likeness (QED) is 0.874. The number of aromatic nitrogens is 1. The zero-order valence-electron chi connectivity index (χ0n) is 11.1. The predicted molar refractivity (Wildman–Crippen MR) is 75.0 cm³/mol. The molecule has 0 spiro atoms. The lowest BCUT2D eigenvalue weighted by Crippen LogP contribution is -2.25.